The highest BCUT2D eigenvalue weighted by molar-refractivity contribution is 7.90. The van der Waals surface area contributed by atoms with Crippen molar-refractivity contribution in [2.24, 2.45) is 0 Å². The zero-order chi connectivity index (χ0) is 14.6. The number of rotatable bonds is 6. The summed E-state index contributed by atoms with van der Waals surface area (Å²) in [5.74, 6) is 0. The number of nitro benzene ring substituents is 1. The summed E-state index contributed by atoms with van der Waals surface area (Å²) in [5.41, 5.74) is 0.138. The first-order valence-corrected chi connectivity index (χ1v) is 7.69. The highest BCUT2D eigenvalue weighted by atomic mass is 35.5. The summed E-state index contributed by atoms with van der Waals surface area (Å²) in [6.45, 7) is 0.256. The predicted octanol–water partition coefficient (Wildman–Crippen LogP) is 1.79. The fourth-order valence-corrected chi connectivity index (χ4v) is 2.53. The van der Waals surface area contributed by atoms with Gasteiger partial charge in [0.1, 0.15) is 0 Å². The monoisotopic (exact) mass is 307 g/mol. The molecule has 0 aliphatic heterocycles. The number of sulfone groups is 1. The molecule has 106 valence electrons. The van der Waals surface area contributed by atoms with Crippen LogP contribution in [-0.2, 0) is 21.0 Å². The molecule has 0 amide bonds. The number of benzene rings is 1. The normalized spacial score (nSPS) is 13.2. The minimum atomic E-state index is -3.48. The van der Waals surface area contributed by atoms with Gasteiger partial charge in [0, 0.05) is 25.0 Å². The van der Waals surface area contributed by atoms with E-state index in [9.17, 15) is 18.5 Å². The first-order chi connectivity index (χ1) is 8.75. The molecule has 1 aromatic carbocycles. The maximum Gasteiger partial charge on any atom is 0.273 e. The van der Waals surface area contributed by atoms with Gasteiger partial charge in [0.2, 0.25) is 0 Å². The summed E-state index contributed by atoms with van der Waals surface area (Å²) < 4.78 is 27.6. The molecule has 1 unspecified atom stereocenters. The molecule has 0 heterocycles. The first kappa shape index (κ1) is 15.9. The molecule has 0 fully saturated rings. The molecular weight excluding hydrogens is 294 g/mol. The zero-order valence-electron chi connectivity index (χ0n) is 10.5. The summed E-state index contributed by atoms with van der Waals surface area (Å²) in [6, 6.07) is 3.81. The Hall–Kier alpha value is -1.18. The van der Waals surface area contributed by atoms with Gasteiger partial charge in [-0.05, 0) is 12.5 Å². The van der Waals surface area contributed by atoms with E-state index in [1.165, 1.54) is 19.2 Å². The van der Waals surface area contributed by atoms with Crippen LogP contribution in [0.3, 0.4) is 0 Å². The maximum atomic E-state index is 11.4. The van der Waals surface area contributed by atoms with Gasteiger partial charge in [0.25, 0.3) is 5.69 Å². The molecule has 0 spiro atoms. The van der Waals surface area contributed by atoms with Gasteiger partial charge in [-0.25, -0.2) is 8.42 Å². The predicted molar refractivity (Wildman–Crippen MR) is 71.4 cm³/mol. The van der Waals surface area contributed by atoms with Crippen molar-refractivity contribution in [3.05, 3.63) is 33.9 Å². The molecule has 0 N–H and O–H groups in total. The quantitative estimate of drug-likeness (QED) is 0.454. The molecule has 19 heavy (non-hydrogen) atoms. The summed E-state index contributed by atoms with van der Waals surface area (Å²) in [6.07, 6.45) is 1.23. The molecule has 1 atom stereocenters. The first-order valence-electron chi connectivity index (χ1n) is 5.36. The highest BCUT2D eigenvalue weighted by Gasteiger charge is 2.20. The van der Waals surface area contributed by atoms with Crippen LogP contribution in [0.2, 0.25) is 0 Å². The van der Waals surface area contributed by atoms with Gasteiger partial charge in [0.15, 0.2) is 9.84 Å². The van der Waals surface area contributed by atoms with Crippen LogP contribution in [0.4, 0.5) is 5.69 Å². The lowest BCUT2D eigenvalue weighted by Crippen LogP contribution is -2.12. The van der Waals surface area contributed by atoms with Gasteiger partial charge in [-0.15, -0.1) is 11.6 Å². The lowest BCUT2D eigenvalue weighted by atomic mass is 10.1. The largest absolute Gasteiger partial charge is 0.383 e. The molecular formula is C11H14ClNO5S. The molecule has 8 heteroatoms. The number of nitro groups is 1. The number of nitrogens with zero attached hydrogens (tertiary/aromatic N) is 1. The van der Waals surface area contributed by atoms with Crippen LogP contribution < -0.4 is 0 Å². The van der Waals surface area contributed by atoms with Gasteiger partial charge in [-0.3, -0.25) is 10.1 Å². The zero-order valence-corrected chi connectivity index (χ0v) is 12.1. The van der Waals surface area contributed by atoms with E-state index in [-0.39, 0.29) is 23.6 Å². The van der Waals surface area contributed by atoms with E-state index < -0.39 is 20.1 Å². The van der Waals surface area contributed by atoms with Crippen LogP contribution in [0.5, 0.6) is 0 Å². The van der Waals surface area contributed by atoms with Crippen molar-refractivity contribution in [2.45, 2.75) is 16.7 Å². The lowest BCUT2D eigenvalue weighted by molar-refractivity contribution is -0.385. The summed E-state index contributed by atoms with van der Waals surface area (Å²) >= 11 is 5.96. The molecule has 0 bridgehead atoms. The third-order valence-corrected chi connectivity index (χ3v) is 3.86. The Bertz CT molecular complexity index is 572. The Morgan fingerprint density at radius 2 is 2.11 bits per heavy atom. The van der Waals surface area contributed by atoms with Crippen molar-refractivity contribution in [3.63, 3.8) is 0 Å². The van der Waals surface area contributed by atoms with E-state index in [1.54, 1.807) is 0 Å². The second-order valence-corrected chi connectivity index (χ2v) is 6.71. The summed E-state index contributed by atoms with van der Waals surface area (Å²) in [7, 11) is -1.99. The number of ether oxygens (including phenoxy) is 1. The Kier molecular flexibility index (Phi) is 5.28. The van der Waals surface area contributed by atoms with Crippen molar-refractivity contribution < 1.29 is 18.1 Å². The fraction of sp³-hybridized carbons (Fsp3) is 0.455. The average molecular weight is 308 g/mol. The maximum absolute atomic E-state index is 11.4. The summed E-state index contributed by atoms with van der Waals surface area (Å²) in [4.78, 5) is 10.3. The van der Waals surface area contributed by atoms with Crippen molar-refractivity contribution in [1.29, 1.82) is 0 Å². The van der Waals surface area contributed by atoms with Crippen molar-refractivity contribution in [1.82, 2.24) is 0 Å². The molecule has 0 saturated heterocycles. The molecule has 0 aliphatic carbocycles. The van der Waals surface area contributed by atoms with Crippen LogP contribution in [0, 0.1) is 10.1 Å². The van der Waals surface area contributed by atoms with Gasteiger partial charge in [-0.1, -0.05) is 6.07 Å². The number of methoxy groups -OCH3 is 1. The molecule has 6 nitrogen and oxygen atoms in total. The molecule has 0 aromatic heterocycles. The SMILES string of the molecule is COCC(Cl)Cc1ccc(S(C)(=O)=O)cc1[N+](=O)[O-]. The van der Waals surface area contributed by atoms with E-state index in [1.807, 2.05) is 0 Å². The second-order valence-electron chi connectivity index (χ2n) is 4.08. The number of hydrogen-bond donors (Lipinski definition) is 0. The highest BCUT2D eigenvalue weighted by Crippen LogP contribution is 2.25. The molecule has 1 aromatic rings. The smallest absolute Gasteiger partial charge is 0.273 e. The van der Waals surface area contributed by atoms with Crippen LogP contribution >= 0.6 is 11.6 Å². The Balaban J connectivity index is 3.16. The van der Waals surface area contributed by atoms with Gasteiger partial charge in [0.05, 0.1) is 21.8 Å². The number of hydrogen-bond acceptors (Lipinski definition) is 5. The van der Waals surface area contributed by atoms with Gasteiger partial charge < -0.3 is 4.74 Å². The van der Waals surface area contributed by atoms with E-state index in [2.05, 4.69) is 0 Å². The molecule has 0 aliphatic rings. The third kappa shape index (κ3) is 4.45. The molecule has 0 radical (unpaired) electrons. The average Bonchev–Trinajstić information content (AvgIpc) is 2.27. The van der Waals surface area contributed by atoms with Gasteiger partial charge in [-0.2, -0.15) is 0 Å². The Morgan fingerprint density at radius 3 is 2.58 bits per heavy atom. The molecule has 1 rings (SSSR count). The fourth-order valence-electron chi connectivity index (χ4n) is 1.60. The Labute approximate surface area is 116 Å². The van der Waals surface area contributed by atoms with Crippen LogP contribution in [0.1, 0.15) is 5.56 Å². The van der Waals surface area contributed by atoms with E-state index in [0.29, 0.717) is 5.56 Å². The van der Waals surface area contributed by atoms with Crippen LogP contribution in [0.15, 0.2) is 23.1 Å². The minimum Gasteiger partial charge on any atom is -0.383 e. The number of alkyl halides is 1. The van der Waals surface area contributed by atoms with E-state index >= 15 is 0 Å². The Morgan fingerprint density at radius 1 is 1.47 bits per heavy atom. The standard InChI is InChI=1S/C11H14ClNO5S/c1-18-7-9(12)5-8-3-4-10(19(2,16)17)6-11(8)13(14)15/h3-4,6,9H,5,7H2,1-2H3. The lowest BCUT2D eigenvalue weighted by Gasteiger charge is -2.09. The second kappa shape index (κ2) is 6.31. The van der Waals surface area contributed by atoms with Crippen molar-refractivity contribution in [3.8, 4) is 0 Å². The molecule has 0 saturated carbocycles. The number of halogens is 1. The van der Waals surface area contributed by atoms with Crippen LogP contribution in [-0.4, -0.2) is 38.7 Å². The van der Waals surface area contributed by atoms with E-state index in [4.69, 9.17) is 16.3 Å². The topological polar surface area (TPSA) is 86.5 Å². The van der Waals surface area contributed by atoms with Crippen molar-refractivity contribution >= 4 is 27.1 Å². The van der Waals surface area contributed by atoms with Gasteiger partial charge >= 0.3 is 0 Å². The minimum absolute atomic E-state index is 0.0826. The summed E-state index contributed by atoms with van der Waals surface area (Å²) in [5, 5.41) is 10.6. The van der Waals surface area contributed by atoms with E-state index in [0.717, 1.165) is 12.3 Å². The van der Waals surface area contributed by atoms with Crippen LogP contribution in [0.25, 0.3) is 0 Å². The third-order valence-electron chi connectivity index (χ3n) is 2.47. The van der Waals surface area contributed by atoms with Crippen molar-refractivity contribution in [2.75, 3.05) is 20.0 Å².